The third-order valence-corrected chi connectivity index (χ3v) is 4.22. The smallest absolute Gasteiger partial charge is 0.215 e. The molecular formula is C17H22FN5O2. The summed E-state index contributed by atoms with van der Waals surface area (Å²) in [5.41, 5.74) is 0.377. The molecule has 1 fully saturated rings. The Kier molecular flexibility index (Phi) is 5.60. The SMILES string of the molecule is CCOc1cc(NC[C@H]2C[C@@H](OC)CN2c2ccncn2)c(F)cn1. The molecule has 134 valence electrons. The Hall–Kier alpha value is -2.48. The molecule has 8 heteroatoms. The number of aromatic nitrogens is 3. The summed E-state index contributed by atoms with van der Waals surface area (Å²) >= 11 is 0. The van der Waals surface area contributed by atoms with Gasteiger partial charge in [-0.05, 0) is 19.4 Å². The first-order chi connectivity index (χ1) is 12.2. The van der Waals surface area contributed by atoms with Crippen LogP contribution < -0.4 is 15.0 Å². The zero-order valence-corrected chi connectivity index (χ0v) is 14.4. The summed E-state index contributed by atoms with van der Waals surface area (Å²) in [4.78, 5) is 14.3. The molecule has 7 nitrogen and oxygen atoms in total. The molecule has 3 heterocycles. The molecule has 25 heavy (non-hydrogen) atoms. The van der Waals surface area contributed by atoms with E-state index in [4.69, 9.17) is 9.47 Å². The average Bonchev–Trinajstić information content (AvgIpc) is 3.06. The van der Waals surface area contributed by atoms with Crippen LogP contribution in [0.3, 0.4) is 0 Å². The van der Waals surface area contributed by atoms with E-state index in [9.17, 15) is 4.39 Å². The predicted molar refractivity (Wildman–Crippen MR) is 92.4 cm³/mol. The second kappa shape index (κ2) is 8.06. The molecule has 0 bridgehead atoms. The summed E-state index contributed by atoms with van der Waals surface area (Å²) in [6.45, 7) is 3.64. The van der Waals surface area contributed by atoms with Gasteiger partial charge in [-0.2, -0.15) is 0 Å². The highest BCUT2D eigenvalue weighted by atomic mass is 19.1. The molecule has 0 radical (unpaired) electrons. The van der Waals surface area contributed by atoms with Crippen molar-refractivity contribution in [2.75, 3.05) is 37.0 Å². The Morgan fingerprint density at radius 1 is 1.40 bits per heavy atom. The number of nitrogens with zero attached hydrogens (tertiary/aromatic N) is 4. The average molecular weight is 347 g/mol. The number of pyridine rings is 1. The maximum atomic E-state index is 14.0. The molecular weight excluding hydrogens is 325 g/mol. The van der Waals surface area contributed by atoms with E-state index < -0.39 is 5.82 Å². The van der Waals surface area contributed by atoms with Gasteiger partial charge in [-0.3, -0.25) is 0 Å². The van der Waals surface area contributed by atoms with Crippen molar-refractivity contribution in [2.24, 2.45) is 0 Å². The van der Waals surface area contributed by atoms with Gasteiger partial charge in [0.2, 0.25) is 5.88 Å². The van der Waals surface area contributed by atoms with Gasteiger partial charge < -0.3 is 19.7 Å². The van der Waals surface area contributed by atoms with E-state index in [0.29, 0.717) is 24.7 Å². The second-order valence-corrected chi connectivity index (χ2v) is 5.78. The summed E-state index contributed by atoms with van der Waals surface area (Å²) in [6, 6.07) is 3.57. The normalized spacial score (nSPS) is 19.9. The van der Waals surface area contributed by atoms with Crippen LogP contribution in [0.4, 0.5) is 15.9 Å². The molecule has 1 aliphatic heterocycles. The van der Waals surface area contributed by atoms with Gasteiger partial charge in [0.25, 0.3) is 0 Å². The Morgan fingerprint density at radius 3 is 3.00 bits per heavy atom. The van der Waals surface area contributed by atoms with E-state index in [0.717, 1.165) is 18.8 Å². The minimum absolute atomic E-state index is 0.114. The van der Waals surface area contributed by atoms with E-state index in [1.165, 1.54) is 12.5 Å². The molecule has 2 aromatic heterocycles. The number of methoxy groups -OCH3 is 1. The van der Waals surface area contributed by atoms with Crippen LogP contribution in [0.5, 0.6) is 5.88 Å². The molecule has 0 aliphatic carbocycles. The molecule has 1 aliphatic rings. The molecule has 1 N–H and O–H groups in total. The first-order valence-electron chi connectivity index (χ1n) is 8.29. The first-order valence-corrected chi connectivity index (χ1v) is 8.29. The zero-order chi connectivity index (χ0) is 17.6. The van der Waals surface area contributed by atoms with Crippen molar-refractivity contribution >= 4 is 11.5 Å². The van der Waals surface area contributed by atoms with Crippen molar-refractivity contribution in [3.05, 3.63) is 36.7 Å². The Morgan fingerprint density at radius 2 is 2.28 bits per heavy atom. The summed E-state index contributed by atoms with van der Waals surface area (Å²) < 4.78 is 24.8. The van der Waals surface area contributed by atoms with Crippen molar-refractivity contribution in [1.29, 1.82) is 0 Å². The molecule has 0 amide bonds. The van der Waals surface area contributed by atoms with Gasteiger partial charge in [-0.1, -0.05) is 0 Å². The van der Waals surface area contributed by atoms with Gasteiger partial charge in [0, 0.05) is 32.5 Å². The van der Waals surface area contributed by atoms with Crippen LogP contribution in [-0.2, 0) is 4.74 Å². The molecule has 3 rings (SSSR count). The summed E-state index contributed by atoms with van der Waals surface area (Å²) in [5.74, 6) is 0.838. The van der Waals surface area contributed by atoms with Gasteiger partial charge in [0.1, 0.15) is 12.1 Å². The number of nitrogens with one attached hydrogen (secondary N) is 1. The standard InChI is InChI=1S/C17H22FN5O2/c1-3-25-17-7-15(14(18)9-21-17)20-8-12-6-13(24-2)10-23(12)16-4-5-19-11-22-16/h4-5,7,9,11-13H,3,6,8,10H2,1-2H3,(H,20,21)/t12-,13-/m1/s1. The van der Waals surface area contributed by atoms with Crippen LogP contribution in [0.15, 0.2) is 30.9 Å². The van der Waals surface area contributed by atoms with Gasteiger partial charge in [0.05, 0.1) is 30.6 Å². The first kappa shape index (κ1) is 17.3. The quantitative estimate of drug-likeness (QED) is 0.822. The second-order valence-electron chi connectivity index (χ2n) is 5.78. The van der Waals surface area contributed by atoms with Crippen molar-refractivity contribution in [1.82, 2.24) is 15.0 Å². The molecule has 0 saturated carbocycles. The Bertz CT molecular complexity index is 688. The van der Waals surface area contributed by atoms with Gasteiger partial charge in [-0.25, -0.2) is 19.3 Å². The lowest BCUT2D eigenvalue weighted by molar-refractivity contribution is 0.118. The number of rotatable bonds is 7. The maximum absolute atomic E-state index is 14.0. The molecule has 0 spiro atoms. The van der Waals surface area contributed by atoms with E-state index >= 15 is 0 Å². The van der Waals surface area contributed by atoms with Crippen molar-refractivity contribution in [3.8, 4) is 5.88 Å². The van der Waals surface area contributed by atoms with E-state index in [2.05, 4.69) is 25.2 Å². The topological polar surface area (TPSA) is 72.4 Å². The van der Waals surface area contributed by atoms with Crippen molar-refractivity contribution in [3.63, 3.8) is 0 Å². The fraction of sp³-hybridized carbons (Fsp3) is 0.471. The molecule has 1 saturated heterocycles. The lowest BCUT2D eigenvalue weighted by atomic mass is 10.2. The minimum atomic E-state index is -0.404. The lowest BCUT2D eigenvalue weighted by Gasteiger charge is -2.25. The highest BCUT2D eigenvalue weighted by molar-refractivity contribution is 5.48. The lowest BCUT2D eigenvalue weighted by Crippen LogP contribution is -2.35. The monoisotopic (exact) mass is 347 g/mol. The van der Waals surface area contributed by atoms with Crippen LogP contribution >= 0.6 is 0 Å². The van der Waals surface area contributed by atoms with Gasteiger partial charge in [0.15, 0.2) is 5.82 Å². The molecule has 2 aromatic rings. The van der Waals surface area contributed by atoms with Gasteiger partial charge >= 0.3 is 0 Å². The predicted octanol–water partition coefficient (Wildman–Crippen LogP) is 2.12. The molecule has 2 atom stereocenters. The van der Waals surface area contributed by atoms with Crippen molar-refractivity contribution in [2.45, 2.75) is 25.5 Å². The summed E-state index contributed by atoms with van der Waals surface area (Å²) in [6.07, 6.45) is 5.35. The fourth-order valence-corrected chi connectivity index (χ4v) is 2.98. The largest absolute Gasteiger partial charge is 0.478 e. The van der Waals surface area contributed by atoms with Crippen LogP contribution in [0.25, 0.3) is 0 Å². The van der Waals surface area contributed by atoms with Crippen LogP contribution in [0.1, 0.15) is 13.3 Å². The van der Waals surface area contributed by atoms with Crippen LogP contribution in [0, 0.1) is 5.82 Å². The van der Waals surface area contributed by atoms with E-state index in [1.54, 1.807) is 19.4 Å². The number of anilines is 2. The third-order valence-electron chi connectivity index (χ3n) is 4.22. The Labute approximate surface area is 146 Å². The highest BCUT2D eigenvalue weighted by Crippen LogP contribution is 2.26. The molecule has 0 aromatic carbocycles. The number of halogens is 1. The molecule has 0 unspecified atom stereocenters. The number of hydrogen-bond donors (Lipinski definition) is 1. The maximum Gasteiger partial charge on any atom is 0.215 e. The highest BCUT2D eigenvalue weighted by Gasteiger charge is 2.33. The number of hydrogen-bond acceptors (Lipinski definition) is 7. The van der Waals surface area contributed by atoms with E-state index in [1.807, 2.05) is 13.0 Å². The summed E-state index contributed by atoms with van der Waals surface area (Å²) in [5, 5.41) is 3.16. The minimum Gasteiger partial charge on any atom is -0.478 e. The van der Waals surface area contributed by atoms with E-state index in [-0.39, 0.29) is 12.1 Å². The third kappa shape index (κ3) is 4.14. The zero-order valence-electron chi connectivity index (χ0n) is 14.4. The van der Waals surface area contributed by atoms with Crippen molar-refractivity contribution < 1.29 is 13.9 Å². The Balaban J connectivity index is 1.71. The summed E-state index contributed by atoms with van der Waals surface area (Å²) in [7, 11) is 1.70. The van der Waals surface area contributed by atoms with Crippen LogP contribution in [-0.4, -0.2) is 53.9 Å². The van der Waals surface area contributed by atoms with Gasteiger partial charge in [-0.15, -0.1) is 0 Å². The number of ether oxygens (including phenoxy) is 2. The van der Waals surface area contributed by atoms with Crippen LogP contribution in [0.2, 0.25) is 0 Å². The fourth-order valence-electron chi connectivity index (χ4n) is 2.98.